The van der Waals surface area contributed by atoms with Crippen LogP contribution < -0.4 is 9.80 Å². The summed E-state index contributed by atoms with van der Waals surface area (Å²) >= 11 is 0. The Bertz CT molecular complexity index is 1630. The number of carbonyl (C=O) groups excluding carboxylic acids is 2. The van der Waals surface area contributed by atoms with Crippen LogP contribution in [0.2, 0.25) is 0 Å². The van der Waals surface area contributed by atoms with Crippen LogP contribution in [0, 0.1) is 13.8 Å². The minimum absolute atomic E-state index is 0.0813. The van der Waals surface area contributed by atoms with Gasteiger partial charge in [0.2, 0.25) is 0 Å². The van der Waals surface area contributed by atoms with Crippen molar-refractivity contribution in [3.63, 3.8) is 0 Å². The second kappa shape index (κ2) is 10.7. The van der Waals surface area contributed by atoms with Gasteiger partial charge >= 0.3 is 0 Å². The highest BCUT2D eigenvalue weighted by molar-refractivity contribution is 7.85. The van der Waals surface area contributed by atoms with Gasteiger partial charge in [0, 0.05) is 37.4 Å². The maximum Gasteiger partial charge on any atom is 0.259 e. The maximum atomic E-state index is 14.0. The fourth-order valence-corrected chi connectivity index (χ4v) is 6.83. The van der Waals surface area contributed by atoms with Gasteiger partial charge in [-0.3, -0.25) is 9.59 Å². The second-order valence-corrected chi connectivity index (χ2v) is 11.8. The highest BCUT2D eigenvalue weighted by Crippen LogP contribution is 2.36. The molecule has 202 valence electrons. The number of nitrogens with zero attached hydrogens (tertiary/aromatic N) is 3. The second-order valence-electron chi connectivity index (χ2n) is 10.4. The van der Waals surface area contributed by atoms with Crippen LogP contribution in [-0.4, -0.2) is 47.1 Å². The van der Waals surface area contributed by atoms with Crippen molar-refractivity contribution < 1.29 is 13.8 Å². The van der Waals surface area contributed by atoms with E-state index in [1.165, 1.54) is 0 Å². The SMILES string of the molecule is Cc1ccc(C)c(CN2C(=O)c3ccccc3[S@](=O)c3ccc(C(=O)N4CCN(c5ccccc5)CC4)cc32)c1. The molecule has 1 fully saturated rings. The first-order valence-corrected chi connectivity index (χ1v) is 14.7. The summed E-state index contributed by atoms with van der Waals surface area (Å²) in [6, 6.07) is 28.7. The van der Waals surface area contributed by atoms with Crippen LogP contribution in [0.1, 0.15) is 37.4 Å². The first-order valence-electron chi connectivity index (χ1n) is 13.5. The Morgan fingerprint density at radius 1 is 0.800 bits per heavy atom. The van der Waals surface area contributed by atoms with Gasteiger partial charge in [0.15, 0.2) is 0 Å². The molecule has 2 heterocycles. The summed E-state index contributed by atoms with van der Waals surface area (Å²) in [7, 11) is -1.56. The summed E-state index contributed by atoms with van der Waals surface area (Å²) in [5.74, 6) is -0.299. The monoisotopic (exact) mass is 549 g/mol. The number of hydrogen-bond donors (Lipinski definition) is 0. The topological polar surface area (TPSA) is 60.9 Å². The lowest BCUT2D eigenvalue weighted by atomic mass is 10.0. The van der Waals surface area contributed by atoms with E-state index in [0.29, 0.717) is 46.2 Å². The van der Waals surface area contributed by atoms with Crippen LogP contribution in [-0.2, 0) is 17.3 Å². The third-order valence-corrected chi connectivity index (χ3v) is 9.28. The molecule has 0 bridgehead atoms. The van der Waals surface area contributed by atoms with E-state index in [0.717, 1.165) is 35.5 Å². The van der Waals surface area contributed by atoms with Gasteiger partial charge in [0.05, 0.1) is 38.4 Å². The van der Waals surface area contributed by atoms with Gasteiger partial charge in [0.1, 0.15) is 0 Å². The average Bonchev–Trinajstić information content (AvgIpc) is 3.08. The van der Waals surface area contributed by atoms with Crippen molar-refractivity contribution >= 4 is 34.0 Å². The number of para-hydroxylation sites is 1. The number of fused-ring (bicyclic) bond motifs is 2. The number of anilines is 2. The minimum atomic E-state index is -1.56. The molecule has 2 amide bonds. The van der Waals surface area contributed by atoms with Crippen LogP contribution in [0.25, 0.3) is 0 Å². The Morgan fingerprint density at radius 3 is 2.30 bits per heavy atom. The summed E-state index contributed by atoms with van der Waals surface area (Å²) in [5, 5.41) is 0. The van der Waals surface area contributed by atoms with Crippen LogP contribution in [0.3, 0.4) is 0 Å². The normalized spacial score (nSPS) is 16.8. The van der Waals surface area contributed by atoms with E-state index in [2.05, 4.69) is 35.2 Å². The number of benzene rings is 4. The van der Waals surface area contributed by atoms with Crippen LogP contribution in [0.5, 0.6) is 0 Å². The summed E-state index contributed by atoms with van der Waals surface area (Å²) < 4.78 is 13.8. The van der Waals surface area contributed by atoms with E-state index >= 15 is 0 Å². The molecule has 6 rings (SSSR count). The van der Waals surface area contributed by atoms with E-state index in [4.69, 9.17) is 0 Å². The van der Waals surface area contributed by atoms with Gasteiger partial charge in [0.25, 0.3) is 11.8 Å². The van der Waals surface area contributed by atoms with Gasteiger partial charge in [-0.15, -0.1) is 0 Å². The zero-order chi connectivity index (χ0) is 27.8. The van der Waals surface area contributed by atoms with Gasteiger partial charge in [-0.1, -0.05) is 54.1 Å². The number of hydrogen-bond acceptors (Lipinski definition) is 4. The fraction of sp³-hybridized carbons (Fsp3) is 0.212. The summed E-state index contributed by atoms with van der Waals surface area (Å²) in [4.78, 5) is 34.5. The molecule has 0 unspecified atom stereocenters. The highest BCUT2D eigenvalue weighted by atomic mass is 32.2. The lowest BCUT2D eigenvalue weighted by molar-refractivity contribution is 0.0746. The highest BCUT2D eigenvalue weighted by Gasteiger charge is 2.32. The fourth-order valence-electron chi connectivity index (χ4n) is 5.48. The lowest BCUT2D eigenvalue weighted by Gasteiger charge is -2.36. The summed E-state index contributed by atoms with van der Waals surface area (Å²) in [6.07, 6.45) is 0. The van der Waals surface area contributed by atoms with Crippen LogP contribution in [0.15, 0.2) is 101 Å². The summed E-state index contributed by atoms with van der Waals surface area (Å²) in [6.45, 7) is 7.08. The largest absolute Gasteiger partial charge is 0.368 e. The van der Waals surface area contributed by atoms with Crippen molar-refractivity contribution in [2.45, 2.75) is 30.2 Å². The molecule has 2 aliphatic heterocycles. The van der Waals surface area contributed by atoms with Gasteiger partial charge in [-0.05, 0) is 67.4 Å². The van der Waals surface area contributed by atoms with Crippen LogP contribution >= 0.6 is 0 Å². The number of carbonyl (C=O) groups is 2. The van der Waals surface area contributed by atoms with E-state index in [1.54, 1.807) is 47.4 Å². The third kappa shape index (κ3) is 4.82. The molecule has 0 aliphatic carbocycles. The molecule has 0 aromatic heterocycles. The molecule has 7 heteroatoms. The minimum Gasteiger partial charge on any atom is -0.368 e. The van der Waals surface area contributed by atoms with E-state index in [-0.39, 0.29) is 11.8 Å². The van der Waals surface area contributed by atoms with E-state index in [9.17, 15) is 13.8 Å². The first kappa shape index (κ1) is 26.0. The van der Waals surface area contributed by atoms with Crippen molar-refractivity contribution in [2.75, 3.05) is 36.0 Å². The number of amides is 2. The smallest absolute Gasteiger partial charge is 0.259 e. The van der Waals surface area contributed by atoms with Crippen molar-refractivity contribution in [1.82, 2.24) is 4.90 Å². The summed E-state index contributed by atoms with van der Waals surface area (Å²) in [5.41, 5.74) is 5.78. The van der Waals surface area contributed by atoms with Crippen molar-refractivity contribution in [2.24, 2.45) is 0 Å². The molecule has 0 radical (unpaired) electrons. The van der Waals surface area contributed by atoms with Gasteiger partial charge < -0.3 is 14.7 Å². The quantitative estimate of drug-likeness (QED) is 0.333. The van der Waals surface area contributed by atoms with E-state index in [1.807, 2.05) is 36.9 Å². The molecule has 6 nitrogen and oxygen atoms in total. The molecule has 2 aliphatic rings. The Balaban J connectivity index is 1.35. The van der Waals surface area contributed by atoms with Crippen molar-refractivity contribution in [3.8, 4) is 0 Å². The zero-order valence-electron chi connectivity index (χ0n) is 22.7. The van der Waals surface area contributed by atoms with Crippen molar-refractivity contribution in [3.05, 3.63) is 119 Å². The molecular formula is C33H31N3O3S. The number of piperazine rings is 1. The number of aryl methyl sites for hydroxylation is 2. The van der Waals surface area contributed by atoms with Crippen molar-refractivity contribution in [1.29, 1.82) is 0 Å². The Kier molecular flexibility index (Phi) is 6.98. The molecule has 0 spiro atoms. The lowest BCUT2D eigenvalue weighted by Crippen LogP contribution is -2.48. The molecule has 0 N–H and O–H groups in total. The van der Waals surface area contributed by atoms with Gasteiger partial charge in [-0.2, -0.15) is 0 Å². The molecule has 4 aromatic carbocycles. The van der Waals surface area contributed by atoms with E-state index < -0.39 is 10.8 Å². The van der Waals surface area contributed by atoms with Crippen LogP contribution in [0.4, 0.5) is 11.4 Å². The molecule has 40 heavy (non-hydrogen) atoms. The third-order valence-electron chi connectivity index (χ3n) is 7.78. The molecular weight excluding hydrogens is 518 g/mol. The molecule has 4 aromatic rings. The molecule has 1 saturated heterocycles. The standard InChI is InChI=1S/C33H31N3O3S/c1-23-12-13-24(2)26(20-23)22-36-29-21-25(14-15-31(29)40(39)30-11-7-6-10-28(30)33(36)38)32(37)35-18-16-34(17-19-35)27-8-4-3-5-9-27/h3-15,20-21H,16-19,22H2,1-2H3/t40-/m0/s1. The average molecular weight is 550 g/mol. The number of rotatable bonds is 4. The zero-order valence-corrected chi connectivity index (χ0v) is 23.5. The Labute approximate surface area is 237 Å². The predicted molar refractivity (Wildman–Crippen MR) is 159 cm³/mol. The molecule has 1 atom stereocenters. The predicted octanol–water partition coefficient (Wildman–Crippen LogP) is 5.59. The maximum absolute atomic E-state index is 14.0. The van der Waals surface area contributed by atoms with Gasteiger partial charge in [-0.25, -0.2) is 4.21 Å². The molecule has 0 saturated carbocycles. The Hall–Kier alpha value is -4.23. The Morgan fingerprint density at radius 2 is 1.52 bits per heavy atom. The first-order chi connectivity index (χ1) is 19.4.